The molecule has 0 spiro atoms. The molecule has 3 heterocycles. The highest BCUT2D eigenvalue weighted by atomic mass is 32.1. The van der Waals surface area contributed by atoms with Gasteiger partial charge in [-0.3, -0.25) is 14.7 Å². The Bertz CT molecular complexity index is 1120. The van der Waals surface area contributed by atoms with Crippen molar-refractivity contribution in [2.24, 2.45) is 0 Å². The third-order valence-corrected chi connectivity index (χ3v) is 6.71. The molecule has 0 unspecified atom stereocenters. The number of nitrogens with one attached hydrogen (secondary N) is 2. The molecule has 0 atom stereocenters. The van der Waals surface area contributed by atoms with Gasteiger partial charge in [0.1, 0.15) is 5.69 Å². The number of hydrogen-bond acceptors (Lipinski definition) is 7. The smallest absolute Gasteiger partial charge is 0.317 e. The van der Waals surface area contributed by atoms with Crippen molar-refractivity contribution in [2.75, 3.05) is 50.4 Å². The molecule has 1 aliphatic rings. The van der Waals surface area contributed by atoms with E-state index < -0.39 is 0 Å². The summed E-state index contributed by atoms with van der Waals surface area (Å²) in [6.07, 6.45) is 2.50. The van der Waals surface area contributed by atoms with E-state index in [-0.39, 0.29) is 17.6 Å². The van der Waals surface area contributed by atoms with Crippen LogP contribution in [-0.2, 0) is 17.8 Å². The minimum absolute atomic E-state index is 0.129. The number of pyridine rings is 1. The fraction of sp³-hybridized carbons (Fsp3) is 0.346. The van der Waals surface area contributed by atoms with Crippen LogP contribution in [0, 0.1) is 0 Å². The van der Waals surface area contributed by atoms with Crippen LogP contribution in [0.2, 0.25) is 0 Å². The van der Waals surface area contributed by atoms with Gasteiger partial charge < -0.3 is 26.0 Å². The summed E-state index contributed by atoms with van der Waals surface area (Å²) in [6, 6.07) is 13.2. The molecule has 2 aromatic heterocycles. The number of anilines is 2. The summed E-state index contributed by atoms with van der Waals surface area (Å²) in [5.74, 6) is -0.324. The summed E-state index contributed by atoms with van der Waals surface area (Å²) in [4.78, 5) is 34.1. The fourth-order valence-electron chi connectivity index (χ4n) is 3.92. The van der Waals surface area contributed by atoms with Crippen molar-refractivity contribution in [3.05, 3.63) is 76.2 Å². The summed E-state index contributed by atoms with van der Waals surface area (Å²) < 4.78 is 5.42. The molecule has 4 rings (SSSR count). The molecular weight excluding hydrogens is 476 g/mol. The Hall–Kier alpha value is -3.47. The Balaban J connectivity index is 1.36. The van der Waals surface area contributed by atoms with E-state index >= 15 is 0 Å². The highest BCUT2D eigenvalue weighted by Gasteiger charge is 2.17. The van der Waals surface area contributed by atoms with E-state index in [9.17, 15) is 9.59 Å². The number of nitrogens with zero attached hydrogens (tertiary/aromatic N) is 3. The van der Waals surface area contributed by atoms with Crippen LogP contribution in [-0.4, -0.2) is 66.1 Å². The van der Waals surface area contributed by atoms with Crippen LogP contribution < -0.4 is 16.4 Å². The van der Waals surface area contributed by atoms with Crippen molar-refractivity contribution < 1.29 is 14.3 Å². The normalized spacial score (nSPS) is 13.8. The number of carbonyl (C=O) groups is 2. The summed E-state index contributed by atoms with van der Waals surface area (Å²) in [5.41, 5.74) is 9.14. The second-order valence-electron chi connectivity index (χ2n) is 8.62. The van der Waals surface area contributed by atoms with E-state index in [1.54, 1.807) is 27.9 Å². The number of carbonyl (C=O) groups excluding carboxylic acids is 2. The van der Waals surface area contributed by atoms with Crippen molar-refractivity contribution in [3.63, 3.8) is 0 Å². The minimum Gasteiger partial charge on any atom is -0.396 e. The second-order valence-corrected chi connectivity index (χ2v) is 9.36. The molecule has 0 aliphatic carbocycles. The van der Waals surface area contributed by atoms with Gasteiger partial charge in [-0.1, -0.05) is 36.4 Å². The lowest BCUT2D eigenvalue weighted by Gasteiger charge is -2.28. The molecule has 9 nitrogen and oxygen atoms in total. The van der Waals surface area contributed by atoms with Gasteiger partial charge in [0.25, 0.3) is 5.91 Å². The van der Waals surface area contributed by atoms with Crippen LogP contribution in [0.25, 0.3) is 0 Å². The number of morpholine rings is 1. The van der Waals surface area contributed by atoms with Gasteiger partial charge in [-0.15, -0.1) is 11.3 Å². The first-order chi connectivity index (χ1) is 17.6. The summed E-state index contributed by atoms with van der Waals surface area (Å²) in [6.45, 7) is 5.73. The molecular formula is C26H32N6O3S. The van der Waals surface area contributed by atoms with E-state index in [1.807, 2.05) is 36.4 Å². The van der Waals surface area contributed by atoms with E-state index in [1.165, 1.54) is 11.3 Å². The minimum atomic E-state index is -0.324. The number of thiophene rings is 1. The highest BCUT2D eigenvalue weighted by molar-refractivity contribution is 7.09. The van der Waals surface area contributed by atoms with Gasteiger partial charge in [0.2, 0.25) is 0 Å². The number of benzene rings is 1. The fourth-order valence-corrected chi connectivity index (χ4v) is 4.59. The molecule has 0 radical (unpaired) electrons. The third-order valence-electron chi connectivity index (χ3n) is 5.95. The zero-order valence-electron chi connectivity index (χ0n) is 20.2. The van der Waals surface area contributed by atoms with Crippen LogP contribution >= 0.6 is 11.3 Å². The predicted octanol–water partition coefficient (Wildman–Crippen LogP) is 3.41. The van der Waals surface area contributed by atoms with Gasteiger partial charge in [-0.25, -0.2) is 4.79 Å². The van der Waals surface area contributed by atoms with Crippen LogP contribution in [0.5, 0.6) is 0 Å². The second kappa shape index (κ2) is 13.0. The van der Waals surface area contributed by atoms with Crippen molar-refractivity contribution in [3.8, 4) is 0 Å². The summed E-state index contributed by atoms with van der Waals surface area (Å²) in [7, 11) is 0. The van der Waals surface area contributed by atoms with E-state index in [0.717, 1.165) is 50.4 Å². The van der Waals surface area contributed by atoms with Crippen molar-refractivity contribution >= 4 is 34.6 Å². The number of hydrogen-bond donors (Lipinski definition) is 3. The first kappa shape index (κ1) is 25.6. The number of ether oxygens (including phenoxy) is 1. The molecule has 1 aliphatic heterocycles. The van der Waals surface area contributed by atoms with E-state index in [2.05, 4.69) is 20.5 Å². The molecule has 1 saturated heterocycles. The molecule has 0 bridgehead atoms. The molecule has 1 aromatic carbocycles. The zero-order valence-corrected chi connectivity index (χ0v) is 21.0. The maximum Gasteiger partial charge on any atom is 0.317 e. The Kier molecular flexibility index (Phi) is 9.26. The van der Waals surface area contributed by atoms with Crippen LogP contribution in [0.3, 0.4) is 0 Å². The Morgan fingerprint density at radius 2 is 1.89 bits per heavy atom. The molecule has 3 amide bonds. The highest BCUT2D eigenvalue weighted by Crippen LogP contribution is 2.23. The van der Waals surface area contributed by atoms with Gasteiger partial charge in [0.15, 0.2) is 0 Å². The zero-order chi connectivity index (χ0) is 25.2. The number of nitrogen functional groups attached to an aromatic ring is 1. The van der Waals surface area contributed by atoms with Crippen molar-refractivity contribution in [1.82, 2.24) is 20.1 Å². The van der Waals surface area contributed by atoms with E-state index in [4.69, 9.17) is 10.5 Å². The van der Waals surface area contributed by atoms with Gasteiger partial charge in [-0.05, 0) is 23.6 Å². The number of rotatable bonds is 10. The molecule has 10 heteroatoms. The lowest BCUT2D eigenvalue weighted by atomic mass is 10.2. The van der Waals surface area contributed by atoms with Crippen LogP contribution in [0.4, 0.5) is 16.2 Å². The monoisotopic (exact) mass is 508 g/mol. The first-order valence-corrected chi connectivity index (χ1v) is 13.0. The lowest BCUT2D eigenvalue weighted by Crippen LogP contribution is -2.42. The third kappa shape index (κ3) is 7.51. The van der Waals surface area contributed by atoms with Crippen LogP contribution in [0.15, 0.2) is 59.4 Å². The van der Waals surface area contributed by atoms with Gasteiger partial charge in [0.05, 0.1) is 24.6 Å². The number of nitrogens with two attached hydrogens (primary N) is 1. The summed E-state index contributed by atoms with van der Waals surface area (Å²) in [5, 5.41) is 9.35. The standard InChI is InChI=1S/C26H32N6O3S/c27-22-18-36-19-24(22)30-25(33)23-8-7-21(16-28-23)17-32(10-4-9-31-11-13-35-14-12-31)26(34)29-15-20-5-2-1-3-6-20/h1-3,5-8,16,18-19H,4,9-15,17,27H2,(H,29,34)(H,30,33). The molecule has 1 fully saturated rings. The summed E-state index contributed by atoms with van der Waals surface area (Å²) >= 11 is 1.42. The maximum atomic E-state index is 13.1. The van der Waals surface area contributed by atoms with E-state index in [0.29, 0.717) is 31.0 Å². The average Bonchev–Trinajstić information content (AvgIpc) is 3.32. The van der Waals surface area contributed by atoms with Gasteiger partial charge in [-0.2, -0.15) is 0 Å². The topological polar surface area (TPSA) is 113 Å². The molecule has 4 N–H and O–H groups in total. The largest absolute Gasteiger partial charge is 0.396 e. The van der Waals surface area contributed by atoms with Gasteiger partial charge >= 0.3 is 6.03 Å². The number of aromatic nitrogens is 1. The number of urea groups is 1. The van der Waals surface area contributed by atoms with Crippen molar-refractivity contribution in [1.29, 1.82) is 0 Å². The average molecular weight is 509 g/mol. The Morgan fingerprint density at radius 3 is 2.58 bits per heavy atom. The number of amides is 3. The van der Waals surface area contributed by atoms with Crippen molar-refractivity contribution in [2.45, 2.75) is 19.5 Å². The molecule has 0 saturated carbocycles. The first-order valence-electron chi connectivity index (χ1n) is 12.0. The molecule has 190 valence electrons. The SMILES string of the molecule is Nc1cscc1NC(=O)c1ccc(CN(CCCN2CCOCC2)C(=O)NCc2ccccc2)cn1. The Labute approximate surface area is 215 Å². The molecule has 3 aromatic rings. The van der Waals surface area contributed by atoms with Gasteiger partial charge in [0, 0.05) is 56.2 Å². The Morgan fingerprint density at radius 1 is 1.08 bits per heavy atom. The molecule has 36 heavy (non-hydrogen) atoms. The lowest BCUT2D eigenvalue weighted by molar-refractivity contribution is 0.0364. The quantitative estimate of drug-likeness (QED) is 0.387. The van der Waals surface area contributed by atoms with Crippen LogP contribution in [0.1, 0.15) is 28.0 Å². The maximum absolute atomic E-state index is 13.1. The predicted molar refractivity (Wildman–Crippen MR) is 142 cm³/mol.